The van der Waals surface area contributed by atoms with Crippen molar-refractivity contribution in [2.45, 2.75) is 25.2 Å². The summed E-state index contributed by atoms with van der Waals surface area (Å²) < 4.78 is 33.8. The molecule has 164 valence electrons. The number of piperidine rings is 1. The third-order valence-corrected chi connectivity index (χ3v) is 8.19. The van der Waals surface area contributed by atoms with E-state index in [4.69, 9.17) is 4.74 Å². The Hall–Kier alpha value is -2.49. The summed E-state index contributed by atoms with van der Waals surface area (Å²) in [5.74, 6) is 0.958. The second kappa shape index (κ2) is 8.57. The number of benzene rings is 2. The lowest BCUT2D eigenvalue weighted by atomic mass is 9.94. The number of nitrogens with zero attached hydrogens (tertiary/aromatic N) is 2. The Morgan fingerprint density at radius 3 is 2.45 bits per heavy atom. The molecule has 2 atom stereocenters. The van der Waals surface area contributed by atoms with Gasteiger partial charge >= 0.3 is 0 Å². The molecule has 31 heavy (non-hydrogen) atoms. The molecule has 1 saturated heterocycles. The van der Waals surface area contributed by atoms with Crippen LogP contribution in [0.3, 0.4) is 0 Å². The summed E-state index contributed by atoms with van der Waals surface area (Å²) >= 11 is 1.35. The number of carbonyl (C=O) groups is 1. The topological polar surface area (TPSA) is 88.6 Å². The Morgan fingerprint density at radius 1 is 1.13 bits per heavy atom. The monoisotopic (exact) mass is 459 g/mol. The van der Waals surface area contributed by atoms with E-state index in [-0.39, 0.29) is 10.8 Å². The van der Waals surface area contributed by atoms with Gasteiger partial charge in [0.15, 0.2) is 5.13 Å². The smallest absolute Gasteiger partial charge is 0.257 e. The van der Waals surface area contributed by atoms with Crippen LogP contribution in [0, 0.1) is 11.8 Å². The van der Waals surface area contributed by atoms with E-state index in [1.807, 2.05) is 18.2 Å². The number of amides is 1. The first-order valence-corrected chi connectivity index (χ1v) is 12.4. The van der Waals surface area contributed by atoms with Crippen LogP contribution in [0.5, 0.6) is 5.75 Å². The number of rotatable bonds is 5. The van der Waals surface area contributed by atoms with E-state index in [2.05, 4.69) is 24.1 Å². The Kier molecular flexibility index (Phi) is 6.00. The normalized spacial score (nSPS) is 20.0. The number of anilines is 1. The molecule has 7 nitrogen and oxygen atoms in total. The molecular weight excluding hydrogens is 434 g/mol. The van der Waals surface area contributed by atoms with Gasteiger partial charge in [0.1, 0.15) is 11.3 Å². The van der Waals surface area contributed by atoms with E-state index < -0.39 is 10.0 Å². The lowest BCUT2D eigenvalue weighted by Gasteiger charge is -2.34. The third kappa shape index (κ3) is 4.44. The van der Waals surface area contributed by atoms with Crippen molar-refractivity contribution in [1.82, 2.24) is 9.29 Å². The van der Waals surface area contributed by atoms with Crippen LogP contribution in [0.15, 0.2) is 47.4 Å². The van der Waals surface area contributed by atoms with Gasteiger partial charge in [-0.05, 0) is 54.7 Å². The average molecular weight is 460 g/mol. The molecule has 1 fully saturated rings. The number of para-hydroxylation sites is 1. The van der Waals surface area contributed by atoms with Crippen LogP contribution in [0.2, 0.25) is 0 Å². The Labute approximate surface area is 186 Å². The van der Waals surface area contributed by atoms with Crippen molar-refractivity contribution in [1.29, 1.82) is 0 Å². The zero-order valence-corrected chi connectivity index (χ0v) is 19.3. The van der Waals surface area contributed by atoms with Crippen molar-refractivity contribution < 1.29 is 17.9 Å². The zero-order chi connectivity index (χ0) is 22.2. The Morgan fingerprint density at radius 2 is 1.81 bits per heavy atom. The van der Waals surface area contributed by atoms with Gasteiger partial charge in [0.25, 0.3) is 5.91 Å². The summed E-state index contributed by atoms with van der Waals surface area (Å²) in [6.45, 7) is 5.19. The van der Waals surface area contributed by atoms with Crippen LogP contribution in [-0.4, -0.2) is 43.8 Å². The number of ether oxygens (including phenoxy) is 1. The molecule has 4 rings (SSSR count). The van der Waals surface area contributed by atoms with Gasteiger partial charge in [-0.15, -0.1) is 0 Å². The molecule has 1 amide bonds. The largest absolute Gasteiger partial charge is 0.494 e. The van der Waals surface area contributed by atoms with Gasteiger partial charge in [0, 0.05) is 18.7 Å². The lowest BCUT2D eigenvalue weighted by molar-refractivity contribution is 0.102. The van der Waals surface area contributed by atoms with Gasteiger partial charge in [-0.1, -0.05) is 31.3 Å². The number of aromatic nitrogens is 1. The van der Waals surface area contributed by atoms with E-state index >= 15 is 0 Å². The number of thiazole rings is 1. The second-order valence-corrected chi connectivity index (χ2v) is 11.0. The SMILES string of the molecule is COc1cccc2sc(NC(=O)c3ccc(S(=O)(=O)N4CC(C)CC(C)C4)cc3)nc12. The molecule has 9 heteroatoms. The molecular formula is C22H25N3O4S2. The molecule has 2 aromatic carbocycles. The molecule has 2 heterocycles. The number of methoxy groups -OCH3 is 1. The number of hydrogen-bond acceptors (Lipinski definition) is 6. The van der Waals surface area contributed by atoms with E-state index in [1.165, 1.54) is 35.6 Å². The molecule has 0 spiro atoms. The van der Waals surface area contributed by atoms with Crippen molar-refractivity contribution in [2.24, 2.45) is 11.8 Å². The van der Waals surface area contributed by atoms with E-state index in [1.54, 1.807) is 11.4 Å². The number of hydrogen-bond donors (Lipinski definition) is 1. The van der Waals surface area contributed by atoms with Crippen molar-refractivity contribution in [3.05, 3.63) is 48.0 Å². The summed E-state index contributed by atoms with van der Waals surface area (Å²) in [6.07, 6.45) is 1.03. The fourth-order valence-electron chi connectivity index (χ4n) is 4.04. The molecule has 1 aromatic heterocycles. The summed E-state index contributed by atoms with van der Waals surface area (Å²) in [4.78, 5) is 17.3. The minimum absolute atomic E-state index is 0.204. The minimum atomic E-state index is -3.58. The summed E-state index contributed by atoms with van der Waals surface area (Å²) in [5, 5.41) is 3.24. The summed E-state index contributed by atoms with van der Waals surface area (Å²) in [5.41, 5.74) is 1.06. The van der Waals surface area contributed by atoms with Gasteiger partial charge in [0.05, 0.1) is 16.7 Å². The molecule has 3 aromatic rings. The number of nitrogens with one attached hydrogen (secondary N) is 1. The highest BCUT2D eigenvalue weighted by Gasteiger charge is 2.31. The second-order valence-electron chi connectivity index (χ2n) is 8.07. The first-order chi connectivity index (χ1) is 14.8. The van der Waals surface area contributed by atoms with Gasteiger partial charge < -0.3 is 4.74 Å². The van der Waals surface area contributed by atoms with Gasteiger partial charge in [-0.3, -0.25) is 10.1 Å². The summed E-state index contributed by atoms with van der Waals surface area (Å²) in [6, 6.07) is 11.7. The first kappa shape index (κ1) is 21.7. The average Bonchev–Trinajstić information content (AvgIpc) is 3.15. The molecule has 0 saturated carbocycles. The molecule has 0 bridgehead atoms. The van der Waals surface area contributed by atoms with Crippen LogP contribution in [0.1, 0.15) is 30.6 Å². The molecule has 2 unspecified atom stereocenters. The molecule has 1 aliphatic heterocycles. The lowest BCUT2D eigenvalue weighted by Crippen LogP contribution is -2.42. The molecule has 1 N–H and O–H groups in total. The van der Waals surface area contributed by atoms with E-state index in [0.717, 1.165) is 11.1 Å². The van der Waals surface area contributed by atoms with E-state index in [9.17, 15) is 13.2 Å². The fraction of sp³-hybridized carbons (Fsp3) is 0.364. The highest BCUT2D eigenvalue weighted by Crippen LogP contribution is 2.32. The summed E-state index contributed by atoms with van der Waals surface area (Å²) in [7, 11) is -2.00. The maximum absolute atomic E-state index is 13.0. The van der Waals surface area contributed by atoms with Crippen molar-refractivity contribution in [3.63, 3.8) is 0 Å². The highest BCUT2D eigenvalue weighted by molar-refractivity contribution is 7.89. The Bertz CT molecular complexity index is 1200. The standard InChI is InChI=1S/C22H25N3O4S2/c1-14-11-15(2)13-25(12-14)31(27,28)17-9-7-16(8-10-17)21(26)24-22-23-20-18(29-3)5-4-6-19(20)30-22/h4-10,14-15H,11-13H2,1-3H3,(H,23,24,26). The van der Waals surface area contributed by atoms with Crippen molar-refractivity contribution in [2.75, 3.05) is 25.5 Å². The Balaban J connectivity index is 1.51. The van der Waals surface area contributed by atoms with Crippen LogP contribution in [-0.2, 0) is 10.0 Å². The number of fused-ring (bicyclic) bond motifs is 1. The van der Waals surface area contributed by atoms with Crippen molar-refractivity contribution >= 4 is 42.6 Å². The van der Waals surface area contributed by atoms with Gasteiger partial charge in [0.2, 0.25) is 10.0 Å². The molecule has 0 radical (unpaired) electrons. The van der Waals surface area contributed by atoms with Crippen molar-refractivity contribution in [3.8, 4) is 5.75 Å². The van der Waals surface area contributed by atoms with Crippen LogP contribution in [0.25, 0.3) is 10.2 Å². The highest BCUT2D eigenvalue weighted by atomic mass is 32.2. The minimum Gasteiger partial charge on any atom is -0.494 e. The number of carbonyl (C=O) groups excluding carboxylic acids is 1. The van der Waals surface area contributed by atoms with Gasteiger partial charge in [-0.2, -0.15) is 4.31 Å². The zero-order valence-electron chi connectivity index (χ0n) is 17.7. The quantitative estimate of drug-likeness (QED) is 0.617. The van der Waals surface area contributed by atoms with Gasteiger partial charge in [-0.25, -0.2) is 13.4 Å². The maximum Gasteiger partial charge on any atom is 0.257 e. The van der Waals surface area contributed by atoms with Crippen LogP contribution >= 0.6 is 11.3 Å². The fourth-order valence-corrected chi connectivity index (χ4v) is 6.60. The van der Waals surface area contributed by atoms with Crippen LogP contribution < -0.4 is 10.1 Å². The van der Waals surface area contributed by atoms with E-state index in [0.29, 0.717) is 46.9 Å². The molecule has 0 aliphatic carbocycles. The maximum atomic E-state index is 13.0. The predicted molar refractivity (Wildman–Crippen MR) is 122 cm³/mol. The van der Waals surface area contributed by atoms with Crippen LogP contribution in [0.4, 0.5) is 5.13 Å². The third-order valence-electron chi connectivity index (χ3n) is 5.41. The first-order valence-electron chi connectivity index (χ1n) is 10.1. The molecule has 1 aliphatic rings. The predicted octanol–water partition coefficient (Wildman–Crippen LogP) is 4.22. The number of sulfonamides is 1.